The monoisotopic (exact) mass is 1170 g/mol. The number of fused-ring (bicyclic) bond motifs is 3. The van der Waals surface area contributed by atoms with E-state index in [0.29, 0.717) is 58.2 Å². The first-order chi connectivity index (χ1) is 45.1. The van der Waals surface area contributed by atoms with Crippen molar-refractivity contribution in [2.24, 2.45) is 0 Å². The average Bonchev–Trinajstić information content (AvgIpc) is 1.61. The minimum Gasteiger partial charge on any atom is -0.333 e. The first-order valence-electron chi connectivity index (χ1n) is 30.2. The van der Waals surface area contributed by atoms with Gasteiger partial charge in [-0.1, -0.05) is 267 Å². The molecule has 4 aromatic heterocycles. The molecule has 2 aliphatic rings. The van der Waals surface area contributed by atoms with Crippen molar-refractivity contribution >= 4 is 16.9 Å². The summed E-state index contributed by atoms with van der Waals surface area (Å²) < 4.78 is 0. The van der Waals surface area contributed by atoms with Gasteiger partial charge in [0.2, 0.25) is 0 Å². The van der Waals surface area contributed by atoms with Crippen LogP contribution in [0, 0.1) is 0 Å². The van der Waals surface area contributed by atoms with Gasteiger partial charge in [-0.25, -0.2) is 54.8 Å². The summed E-state index contributed by atoms with van der Waals surface area (Å²) in [7, 11) is 0. The van der Waals surface area contributed by atoms with Crippen LogP contribution in [0.1, 0.15) is 17.3 Å². The summed E-state index contributed by atoms with van der Waals surface area (Å²) in [5.74, 6) is 5.34. The second-order valence-corrected chi connectivity index (χ2v) is 22.2. The van der Waals surface area contributed by atoms with Gasteiger partial charge < -0.3 is 4.90 Å². The lowest BCUT2D eigenvalue weighted by molar-refractivity contribution is 0.746. The Labute approximate surface area is 525 Å². The van der Waals surface area contributed by atoms with E-state index in [2.05, 4.69) is 77.7 Å². The SMILES string of the molecule is C1=CC2C(C=C1c1nc(-c3ccccc3)nc(-c3ccccc3)n1)c1cc(-c3nc(-c4ccccc4)nc(-c4ccccc4)n3)ccc1N2c1ccc(-c2cc(-c3ccccc3)nc(-c3ccccc3)n2)cc1-c1nc(-c2ccccc2)nc(-c2ccccc2)n1. The molecule has 0 radical (unpaired) electrons. The Morgan fingerprint density at radius 3 is 0.967 bits per heavy atom. The first kappa shape index (κ1) is 54.0. The molecular formula is C79H52N12. The number of aromatic nitrogens is 11. The molecule has 0 saturated heterocycles. The lowest BCUT2D eigenvalue weighted by Crippen LogP contribution is -2.29. The third kappa shape index (κ3) is 10.8. The Morgan fingerprint density at radius 1 is 0.242 bits per heavy atom. The maximum absolute atomic E-state index is 5.44. The molecule has 0 bridgehead atoms. The molecule has 16 rings (SSSR count). The van der Waals surface area contributed by atoms with E-state index in [4.69, 9.17) is 54.8 Å². The fourth-order valence-corrected chi connectivity index (χ4v) is 11.9. The summed E-state index contributed by atoms with van der Waals surface area (Å²) in [6.45, 7) is 0. The normalized spacial score (nSPS) is 13.9. The standard InChI is InChI=1S/C79H52N12/c1-9-25-51(26-10-1)65-50-66(81-70(80-65)52-27-11-2-12-28-52)59-41-44-69(64(47-59)79-89-75(57-37-21-7-22-38-57)84-76(90-79)58-39-23-8-24-40-58)91-67-45-42-60(77-85-71(53-29-13-3-14-30-53)82-72(86-77)54-31-15-4-16-32-54)48-62(67)63-49-61(43-46-68(63)91)78-87-73(55-33-17-5-18-34-55)83-74(88-78)56-35-19-6-20-36-56/h1-50,62,67H. The summed E-state index contributed by atoms with van der Waals surface area (Å²) in [6, 6.07) is 95.7. The zero-order valence-corrected chi connectivity index (χ0v) is 48.9. The molecule has 0 spiro atoms. The van der Waals surface area contributed by atoms with Crippen LogP contribution < -0.4 is 4.90 Å². The lowest BCUT2D eigenvalue weighted by atomic mass is 9.87. The van der Waals surface area contributed by atoms with Gasteiger partial charge in [0.15, 0.2) is 58.2 Å². The van der Waals surface area contributed by atoms with Crippen molar-refractivity contribution in [3.8, 4) is 125 Å². The highest BCUT2D eigenvalue weighted by Gasteiger charge is 2.41. The zero-order chi connectivity index (χ0) is 60.5. The summed E-state index contributed by atoms with van der Waals surface area (Å²) in [4.78, 5) is 60.0. The minimum absolute atomic E-state index is 0.259. The predicted octanol–water partition coefficient (Wildman–Crippen LogP) is 17.6. The van der Waals surface area contributed by atoms with E-state index in [1.54, 1.807) is 0 Å². The van der Waals surface area contributed by atoms with Crippen LogP contribution in [0.5, 0.6) is 0 Å². The van der Waals surface area contributed by atoms with Crippen molar-refractivity contribution in [2.75, 3.05) is 4.90 Å². The Morgan fingerprint density at radius 2 is 0.560 bits per heavy atom. The summed E-state index contributed by atoms with van der Waals surface area (Å²) in [5.41, 5.74) is 14.9. The van der Waals surface area contributed by atoms with Gasteiger partial charge in [-0.3, -0.25) is 0 Å². The second-order valence-electron chi connectivity index (χ2n) is 22.2. The molecule has 5 heterocycles. The average molecular weight is 1170 g/mol. The molecule has 0 N–H and O–H groups in total. The highest BCUT2D eigenvalue weighted by atomic mass is 15.2. The maximum Gasteiger partial charge on any atom is 0.166 e. The molecule has 12 heteroatoms. The summed E-state index contributed by atoms with van der Waals surface area (Å²) >= 11 is 0. The van der Waals surface area contributed by atoms with Crippen LogP contribution in [0.3, 0.4) is 0 Å². The van der Waals surface area contributed by atoms with E-state index in [1.807, 2.05) is 231 Å². The van der Waals surface area contributed by atoms with E-state index in [0.717, 1.165) is 95.1 Å². The predicted molar refractivity (Wildman–Crippen MR) is 361 cm³/mol. The van der Waals surface area contributed by atoms with Crippen LogP contribution in [0.15, 0.2) is 303 Å². The van der Waals surface area contributed by atoms with Crippen molar-refractivity contribution in [2.45, 2.75) is 12.0 Å². The largest absolute Gasteiger partial charge is 0.333 e. The molecule has 0 saturated carbocycles. The topological polar surface area (TPSA) is 145 Å². The lowest BCUT2D eigenvalue weighted by Gasteiger charge is -2.31. The molecule has 10 aromatic carbocycles. The minimum atomic E-state index is -0.279. The second kappa shape index (κ2) is 23.7. The van der Waals surface area contributed by atoms with Crippen LogP contribution in [0.25, 0.3) is 131 Å². The molecule has 2 unspecified atom stereocenters. The van der Waals surface area contributed by atoms with Gasteiger partial charge in [-0.15, -0.1) is 0 Å². The zero-order valence-electron chi connectivity index (χ0n) is 48.9. The molecule has 12 nitrogen and oxygen atoms in total. The van der Waals surface area contributed by atoms with Gasteiger partial charge in [-0.2, -0.15) is 0 Å². The van der Waals surface area contributed by atoms with Crippen LogP contribution in [0.4, 0.5) is 11.4 Å². The van der Waals surface area contributed by atoms with Crippen molar-refractivity contribution in [1.82, 2.24) is 54.8 Å². The van der Waals surface area contributed by atoms with Crippen LogP contribution in [-0.2, 0) is 0 Å². The van der Waals surface area contributed by atoms with Crippen LogP contribution in [0.2, 0.25) is 0 Å². The van der Waals surface area contributed by atoms with Gasteiger partial charge in [0.05, 0.1) is 23.1 Å². The molecule has 91 heavy (non-hydrogen) atoms. The summed E-state index contributed by atoms with van der Waals surface area (Å²) in [6.07, 6.45) is 6.73. The molecular weight excluding hydrogens is 1120 g/mol. The van der Waals surface area contributed by atoms with Crippen molar-refractivity contribution in [1.29, 1.82) is 0 Å². The molecule has 2 atom stereocenters. The van der Waals surface area contributed by atoms with Gasteiger partial charge in [-0.05, 0) is 42.0 Å². The van der Waals surface area contributed by atoms with Gasteiger partial charge in [0, 0.05) is 78.4 Å². The molecule has 428 valence electrons. The molecule has 0 fully saturated rings. The summed E-state index contributed by atoms with van der Waals surface area (Å²) in [5, 5.41) is 0. The van der Waals surface area contributed by atoms with Crippen LogP contribution in [-0.4, -0.2) is 60.9 Å². The Kier molecular flexibility index (Phi) is 14.1. The third-order valence-electron chi connectivity index (χ3n) is 16.4. The molecule has 1 aliphatic carbocycles. The molecule has 0 amide bonds. The van der Waals surface area contributed by atoms with Gasteiger partial charge >= 0.3 is 0 Å². The number of anilines is 2. The highest BCUT2D eigenvalue weighted by Crippen LogP contribution is 2.52. The number of rotatable bonds is 13. The quantitative estimate of drug-likeness (QED) is 0.108. The van der Waals surface area contributed by atoms with E-state index in [-0.39, 0.29) is 12.0 Å². The third-order valence-corrected chi connectivity index (χ3v) is 16.4. The maximum atomic E-state index is 5.44. The molecule has 14 aromatic rings. The van der Waals surface area contributed by atoms with E-state index < -0.39 is 0 Å². The number of hydrogen-bond acceptors (Lipinski definition) is 12. The van der Waals surface area contributed by atoms with Crippen molar-refractivity contribution in [3.05, 3.63) is 315 Å². The fraction of sp³-hybridized carbons (Fsp3) is 0.0253. The van der Waals surface area contributed by atoms with E-state index in [1.165, 1.54) is 0 Å². The number of hydrogen-bond donors (Lipinski definition) is 0. The van der Waals surface area contributed by atoms with Crippen molar-refractivity contribution in [3.63, 3.8) is 0 Å². The van der Waals surface area contributed by atoms with E-state index in [9.17, 15) is 0 Å². The van der Waals surface area contributed by atoms with Gasteiger partial charge in [0.1, 0.15) is 0 Å². The number of benzene rings is 10. The smallest absolute Gasteiger partial charge is 0.166 e. The Bertz CT molecular complexity index is 4810. The number of allylic oxidation sites excluding steroid dienone is 2. The first-order valence-corrected chi connectivity index (χ1v) is 30.2. The van der Waals surface area contributed by atoms with Crippen LogP contribution >= 0.6 is 0 Å². The molecule has 1 aliphatic heterocycles. The number of nitrogens with zero attached hydrogens (tertiary/aromatic N) is 12. The van der Waals surface area contributed by atoms with E-state index >= 15 is 0 Å². The fourth-order valence-electron chi connectivity index (χ4n) is 11.9. The highest BCUT2D eigenvalue weighted by molar-refractivity contribution is 5.91. The van der Waals surface area contributed by atoms with Crippen molar-refractivity contribution < 1.29 is 0 Å². The van der Waals surface area contributed by atoms with Gasteiger partial charge in [0.25, 0.3) is 0 Å². The Balaban J connectivity index is 0.925. The Hall–Kier alpha value is -12.4.